The molecule has 2 aromatic rings. The van der Waals surface area contributed by atoms with E-state index in [2.05, 4.69) is 4.98 Å². The number of hydrogen-bond acceptors (Lipinski definition) is 2. The van der Waals surface area contributed by atoms with Crippen LogP contribution in [0.1, 0.15) is 11.1 Å². The highest BCUT2D eigenvalue weighted by Crippen LogP contribution is 2.32. The highest BCUT2D eigenvalue weighted by Gasteiger charge is 2.32. The molecule has 0 fully saturated rings. The van der Waals surface area contributed by atoms with Crippen molar-refractivity contribution < 1.29 is 17.9 Å². The number of alkyl halides is 3. The van der Waals surface area contributed by atoms with E-state index >= 15 is 0 Å². The zero-order chi connectivity index (χ0) is 13.9. The molecule has 100 valence electrons. The van der Waals surface area contributed by atoms with Crippen molar-refractivity contribution in [1.82, 2.24) is 4.98 Å². The highest BCUT2D eigenvalue weighted by molar-refractivity contribution is 6.30. The third-order valence-electron chi connectivity index (χ3n) is 2.40. The van der Waals surface area contributed by atoms with Crippen molar-refractivity contribution in [2.75, 3.05) is 0 Å². The van der Waals surface area contributed by atoms with Crippen LogP contribution in [0.2, 0.25) is 5.02 Å². The van der Waals surface area contributed by atoms with Gasteiger partial charge < -0.3 is 4.74 Å². The fourth-order valence-corrected chi connectivity index (χ4v) is 1.63. The van der Waals surface area contributed by atoms with Crippen molar-refractivity contribution in [3.63, 3.8) is 0 Å². The van der Waals surface area contributed by atoms with E-state index in [4.69, 9.17) is 16.3 Å². The smallest absolute Gasteiger partial charge is 0.416 e. The first-order valence-electron chi connectivity index (χ1n) is 5.36. The molecule has 0 amide bonds. The molecule has 19 heavy (non-hydrogen) atoms. The van der Waals surface area contributed by atoms with Crippen LogP contribution in [0.5, 0.6) is 5.88 Å². The van der Waals surface area contributed by atoms with Crippen LogP contribution in [0.25, 0.3) is 0 Å². The van der Waals surface area contributed by atoms with Gasteiger partial charge in [-0.05, 0) is 12.1 Å². The number of rotatable bonds is 3. The molecule has 0 aliphatic rings. The Hall–Kier alpha value is -1.75. The first-order chi connectivity index (χ1) is 8.97. The van der Waals surface area contributed by atoms with Crippen LogP contribution in [-0.4, -0.2) is 4.98 Å². The van der Waals surface area contributed by atoms with Crippen LogP contribution in [0.3, 0.4) is 0 Å². The number of aromatic nitrogens is 1. The molecule has 0 unspecified atom stereocenters. The third kappa shape index (κ3) is 3.61. The highest BCUT2D eigenvalue weighted by atomic mass is 35.5. The SMILES string of the molecule is FC(F)(F)c1ccccc1COc1ccc(Cl)cn1. The molecule has 0 spiro atoms. The molecule has 0 atom stereocenters. The molecule has 1 heterocycles. The topological polar surface area (TPSA) is 22.1 Å². The van der Waals surface area contributed by atoms with Gasteiger partial charge in [-0.25, -0.2) is 4.98 Å². The molecule has 1 aromatic heterocycles. The van der Waals surface area contributed by atoms with E-state index in [0.717, 1.165) is 6.07 Å². The molecule has 0 saturated heterocycles. The minimum absolute atomic E-state index is 0.0618. The van der Waals surface area contributed by atoms with Crippen LogP contribution in [0.4, 0.5) is 13.2 Å². The lowest BCUT2D eigenvalue weighted by Gasteiger charge is -2.12. The molecule has 0 saturated carbocycles. The van der Waals surface area contributed by atoms with Gasteiger partial charge in [-0.3, -0.25) is 0 Å². The lowest BCUT2D eigenvalue weighted by atomic mass is 10.1. The van der Waals surface area contributed by atoms with Gasteiger partial charge in [0.15, 0.2) is 0 Å². The van der Waals surface area contributed by atoms with E-state index in [9.17, 15) is 13.2 Å². The van der Waals surface area contributed by atoms with Gasteiger partial charge in [0, 0.05) is 17.8 Å². The standard InChI is InChI=1S/C13H9ClF3NO/c14-10-5-6-12(18-7-10)19-8-9-3-1-2-4-11(9)13(15,16)17/h1-7H,8H2. The zero-order valence-corrected chi connectivity index (χ0v) is 10.4. The Kier molecular flexibility index (Phi) is 3.95. The fraction of sp³-hybridized carbons (Fsp3) is 0.154. The molecule has 0 aliphatic heterocycles. The van der Waals surface area contributed by atoms with Gasteiger partial charge in [-0.15, -0.1) is 0 Å². The van der Waals surface area contributed by atoms with Crippen LogP contribution in [-0.2, 0) is 12.8 Å². The van der Waals surface area contributed by atoms with E-state index in [1.165, 1.54) is 30.5 Å². The number of ether oxygens (including phenoxy) is 1. The summed E-state index contributed by atoms with van der Waals surface area (Å²) in [5.74, 6) is 0.223. The lowest BCUT2D eigenvalue weighted by molar-refractivity contribution is -0.138. The Labute approximate surface area is 112 Å². The van der Waals surface area contributed by atoms with Gasteiger partial charge in [-0.1, -0.05) is 29.8 Å². The largest absolute Gasteiger partial charge is 0.473 e. The molecule has 0 N–H and O–H groups in total. The quantitative estimate of drug-likeness (QED) is 0.838. The number of hydrogen-bond donors (Lipinski definition) is 0. The molecular formula is C13H9ClF3NO. The maximum atomic E-state index is 12.7. The normalized spacial score (nSPS) is 11.4. The maximum absolute atomic E-state index is 12.7. The first-order valence-corrected chi connectivity index (χ1v) is 5.74. The van der Waals surface area contributed by atoms with Crippen LogP contribution in [0.15, 0.2) is 42.6 Å². The third-order valence-corrected chi connectivity index (χ3v) is 2.62. The van der Waals surface area contributed by atoms with E-state index in [1.54, 1.807) is 6.07 Å². The van der Waals surface area contributed by atoms with Gasteiger partial charge in [0.1, 0.15) is 6.61 Å². The number of halogens is 4. The lowest BCUT2D eigenvalue weighted by Crippen LogP contribution is -2.10. The fourth-order valence-electron chi connectivity index (χ4n) is 1.52. The number of benzene rings is 1. The number of pyridine rings is 1. The minimum atomic E-state index is -4.40. The summed E-state index contributed by atoms with van der Waals surface area (Å²) >= 11 is 5.65. The van der Waals surface area contributed by atoms with Gasteiger partial charge in [0.05, 0.1) is 10.6 Å². The van der Waals surface area contributed by atoms with Crippen LogP contribution >= 0.6 is 11.6 Å². The van der Waals surface area contributed by atoms with Gasteiger partial charge in [0.25, 0.3) is 0 Å². The summed E-state index contributed by atoms with van der Waals surface area (Å²) in [6.45, 7) is -0.204. The van der Waals surface area contributed by atoms with Crippen molar-refractivity contribution >= 4 is 11.6 Å². The summed E-state index contributed by atoms with van der Waals surface area (Å²) in [4.78, 5) is 3.85. The van der Waals surface area contributed by atoms with Gasteiger partial charge in [0.2, 0.25) is 5.88 Å². The Morgan fingerprint density at radius 3 is 2.47 bits per heavy atom. The Balaban J connectivity index is 2.14. The average Bonchev–Trinajstić information content (AvgIpc) is 2.37. The predicted octanol–water partition coefficient (Wildman–Crippen LogP) is 4.33. The summed E-state index contributed by atoms with van der Waals surface area (Å²) in [5, 5.41) is 0.433. The second kappa shape index (κ2) is 5.48. The minimum Gasteiger partial charge on any atom is -0.473 e. The Morgan fingerprint density at radius 1 is 1.11 bits per heavy atom. The first kappa shape index (κ1) is 13.7. The Morgan fingerprint density at radius 2 is 1.84 bits per heavy atom. The molecule has 1 aromatic carbocycles. The average molecular weight is 288 g/mol. The Bertz CT molecular complexity index is 555. The predicted molar refractivity (Wildman–Crippen MR) is 65.0 cm³/mol. The second-order valence-electron chi connectivity index (χ2n) is 3.76. The maximum Gasteiger partial charge on any atom is 0.416 e. The summed E-state index contributed by atoms with van der Waals surface area (Å²) in [6, 6.07) is 8.32. The molecule has 0 bridgehead atoms. The second-order valence-corrected chi connectivity index (χ2v) is 4.19. The van der Waals surface area contributed by atoms with Crippen molar-refractivity contribution in [2.24, 2.45) is 0 Å². The van der Waals surface area contributed by atoms with Gasteiger partial charge in [-0.2, -0.15) is 13.2 Å². The van der Waals surface area contributed by atoms with Crippen LogP contribution < -0.4 is 4.74 Å². The van der Waals surface area contributed by atoms with Crippen molar-refractivity contribution in [1.29, 1.82) is 0 Å². The van der Waals surface area contributed by atoms with E-state index in [-0.39, 0.29) is 18.1 Å². The summed E-state index contributed by atoms with van der Waals surface area (Å²) < 4.78 is 43.4. The monoisotopic (exact) mass is 287 g/mol. The summed E-state index contributed by atoms with van der Waals surface area (Å²) in [7, 11) is 0. The van der Waals surface area contributed by atoms with E-state index in [1.807, 2.05) is 0 Å². The van der Waals surface area contributed by atoms with Gasteiger partial charge >= 0.3 is 6.18 Å². The van der Waals surface area contributed by atoms with Crippen molar-refractivity contribution in [3.05, 3.63) is 58.7 Å². The molecule has 2 nitrogen and oxygen atoms in total. The molecule has 0 radical (unpaired) electrons. The summed E-state index contributed by atoms with van der Waals surface area (Å²) in [5.41, 5.74) is -0.643. The summed E-state index contributed by atoms with van der Waals surface area (Å²) in [6.07, 6.45) is -3.03. The molecule has 2 rings (SSSR count). The van der Waals surface area contributed by atoms with Crippen molar-refractivity contribution in [2.45, 2.75) is 12.8 Å². The van der Waals surface area contributed by atoms with E-state index < -0.39 is 11.7 Å². The zero-order valence-electron chi connectivity index (χ0n) is 9.62. The van der Waals surface area contributed by atoms with E-state index in [0.29, 0.717) is 5.02 Å². The number of nitrogens with zero attached hydrogens (tertiary/aromatic N) is 1. The molecule has 0 aliphatic carbocycles. The van der Waals surface area contributed by atoms with Crippen molar-refractivity contribution in [3.8, 4) is 5.88 Å². The molecular weight excluding hydrogens is 279 g/mol. The molecule has 6 heteroatoms. The van der Waals surface area contributed by atoms with Crippen LogP contribution in [0, 0.1) is 0 Å².